The molecule has 4 N–H and O–H groups in total. The molecule has 0 spiro atoms. The Kier molecular flexibility index (Phi) is 42.7. The van der Waals surface area contributed by atoms with Gasteiger partial charge in [-0.2, -0.15) is 0 Å². The van der Waals surface area contributed by atoms with Gasteiger partial charge in [0, 0.05) is 16.0 Å². The normalized spacial score (nSPS) is 16.5. The first-order valence-corrected chi connectivity index (χ1v) is 43.0. The van der Waals surface area contributed by atoms with Gasteiger partial charge in [-0.3, -0.25) is 19.4 Å². The van der Waals surface area contributed by atoms with Crippen molar-refractivity contribution in [3.8, 4) is 45.8 Å². The van der Waals surface area contributed by atoms with E-state index >= 15 is 0 Å². The number of alkyl halides is 8. The van der Waals surface area contributed by atoms with Gasteiger partial charge in [0.15, 0.2) is 46.1 Å². The van der Waals surface area contributed by atoms with Crippen LogP contribution in [0.2, 0.25) is 0 Å². The van der Waals surface area contributed by atoms with Crippen LogP contribution in [0.5, 0.6) is 34.5 Å². The molecule has 3 saturated heterocycles. The van der Waals surface area contributed by atoms with Gasteiger partial charge in [-0.1, -0.05) is 54.9 Å². The fraction of sp³-hybridized carbons (Fsp3) is 0.381. The number of aryl methyl sites for hydroxylation is 3. The van der Waals surface area contributed by atoms with Crippen molar-refractivity contribution in [2.24, 2.45) is 0 Å². The van der Waals surface area contributed by atoms with Crippen LogP contribution in [-0.4, -0.2) is 156 Å². The van der Waals surface area contributed by atoms with Crippen molar-refractivity contribution in [2.75, 3.05) is 41.3 Å². The van der Waals surface area contributed by atoms with Crippen LogP contribution in [0, 0.1) is 55.7 Å². The van der Waals surface area contributed by atoms with Gasteiger partial charge in [-0.15, -0.1) is 49.5 Å². The number of nitrogens with zero attached hydrogens (tertiary/aromatic N) is 7. The molecule has 0 atom stereocenters. The minimum atomic E-state index is -3.74. The number of hydrogen-bond donors (Lipinski definition) is 3. The monoisotopic (exact) mass is 2150 g/mol. The largest absolute Gasteiger partial charge is 1.00 e. The fourth-order valence-corrected chi connectivity index (χ4v) is 12.1. The van der Waals surface area contributed by atoms with E-state index in [0.717, 1.165) is 66.6 Å². The maximum absolute atomic E-state index is 13.7. The number of aliphatic carboxylic acids is 1. The molecule has 0 saturated carbocycles. The van der Waals surface area contributed by atoms with Crippen LogP contribution in [0.25, 0.3) is 11.3 Å². The first-order chi connectivity index (χ1) is 61.1. The van der Waals surface area contributed by atoms with Gasteiger partial charge in [0.1, 0.15) is 66.6 Å². The number of nitrogens with two attached hydrogens (primary N) is 1. The Labute approximate surface area is 844 Å². The van der Waals surface area contributed by atoms with E-state index in [2.05, 4.69) is 142 Å². The van der Waals surface area contributed by atoms with Crippen molar-refractivity contribution in [1.29, 1.82) is 0 Å². The number of amides is 2. The van der Waals surface area contributed by atoms with Crippen molar-refractivity contribution >= 4 is 150 Å². The van der Waals surface area contributed by atoms with Gasteiger partial charge in [0.2, 0.25) is 0 Å². The second-order valence-electron chi connectivity index (χ2n) is 31.1. The molecule has 6 aromatic carbocycles. The second-order valence-corrected chi connectivity index (χ2v) is 34.7. The molecule has 9 heterocycles. The molecule has 714 valence electrons. The van der Waals surface area contributed by atoms with Crippen LogP contribution >= 0.6 is 82.6 Å². The molecule has 9 aromatic rings. The average Bonchev–Trinajstić information content (AvgIpc) is 1.60. The van der Waals surface area contributed by atoms with Gasteiger partial charge in [-0.05, 0) is 269 Å². The molecular weight excluding hydrogens is 2070 g/mol. The van der Waals surface area contributed by atoms with Crippen LogP contribution in [0.3, 0.4) is 0 Å². The number of aromatic nitrogens is 6. The number of carbonyl (C=O) groups excluding carboxylic acids is 4. The number of anilines is 3. The summed E-state index contributed by atoms with van der Waals surface area (Å²) < 4.78 is 221. The summed E-state index contributed by atoms with van der Waals surface area (Å²) in [5, 5.41) is 12.5. The topological polar surface area (TPSA) is 333 Å². The van der Waals surface area contributed by atoms with E-state index in [1.54, 1.807) is 27.0 Å². The molecule has 49 heteroatoms. The summed E-state index contributed by atoms with van der Waals surface area (Å²) in [5.41, 5.74) is 4.26. The third-order valence-electron chi connectivity index (χ3n) is 20.0. The Morgan fingerprint density at radius 2 is 0.752 bits per heavy atom. The van der Waals surface area contributed by atoms with Gasteiger partial charge in [-0.25, -0.2) is 51.3 Å². The molecule has 6 aliphatic rings. The van der Waals surface area contributed by atoms with E-state index in [-0.39, 0.29) is 127 Å². The van der Waals surface area contributed by atoms with Crippen LogP contribution in [0.15, 0.2) is 142 Å². The average molecular weight is 2160 g/mol. The molecule has 133 heavy (non-hydrogen) atoms. The zero-order valence-corrected chi connectivity index (χ0v) is 85.3. The minimum absolute atomic E-state index is 0. The van der Waals surface area contributed by atoms with E-state index < -0.39 is 126 Å². The van der Waals surface area contributed by atoms with E-state index in [1.807, 2.05) is 83.1 Å². The van der Waals surface area contributed by atoms with Crippen molar-refractivity contribution < 1.29 is 186 Å². The molecule has 3 fully saturated rings. The summed E-state index contributed by atoms with van der Waals surface area (Å²) in [6, 6.07) is 18.0. The number of ether oxygens (including phenoxy) is 6. The van der Waals surface area contributed by atoms with Gasteiger partial charge in [0.25, 0.3) is 17.1 Å². The number of nitrogens with one attached hydrogen (secondary N) is 2. The molecule has 27 nitrogen and oxygen atoms in total. The van der Waals surface area contributed by atoms with E-state index in [4.69, 9.17) is 78.4 Å². The number of nitrogen functional groups attached to an aromatic ring is 1. The molecule has 15 rings (SSSR count). The summed E-state index contributed by atoms with van der Waals surface area (Å²) in [6.45, 7) is 40.3. The quantitative estimate of drug-likeness (QED) is 0.0469. The number of carboxylic acids is 1. The Balaban J connectivity index is 0.000000326. The van der Waals surface area contributed by atoms with Crippen molar-refractivity contribution in [2.45, 2.75) is 184 Å². The molecule has 0 bridgehead atoms. The molecule has 0 unspecified atom stereocenters. The number of benzene rings is 6. The van der Waals surface area contributed by atoms with Crippen molar-refractivity contribution in [1.82, 2.24) is 34.8 Å². The first kappa shape index (κ1) is 116. The van der Waals surface area contributed by atoms with Crippen LogP contribution < -0.4 is 107 Å². The zero-order chi connectivity index (χ0) is 99.5. The van der Waals surface area contributed by atoms with E-state index in [9.17, 15) is 67.1 Å². The Hall–Kier alpha value is -7.74. The number of halogens is 18. The number of carbonyl (C=O) groups is 4. The smallest absolute Gasteiger partial charge is 0.550 e. The van der Waals surface area contributed by atoms with Crippen LogP contribution in [-0.2, 0) is 32.7 Å². The number of fused-ring (bicyclic) bond motifs is 3. The predicted octanol–water partition coefficient (Wildman–Crippen LogP) is 16.8. The summed E-state index contributed by atoms with van der Waals surface area (Å²) in [6.07, 6.45) is -2.79. The van der Waals surface area contributed by atoms with Crippen molar-refractivity contribution in [3.63, 3.8) is 0 Å². The molecular formula is C84H91B3Br3Cl3F12KN10O17+. The molecule has 3 aromatic heterocycles. The standard InChI is InChI=1S/C19H11F4N3O3.C14H17BF2O4.C12H24B2O4.C11H6BrF2N3O.C8H5BrF2O2.C7H3ClF2O.C6H15N.C4H4BrN3.C2H4O2.CH2Cl2.K/c1-9-5-14-15(29-19(22,23)28-14)6-10(9)13-7-25-16(8-24-13)26-18(27)17-11(20)3-2-4-12(17)21;1-8-6-10-11(19-14(16,17)18-10)7-9(8)15-20-12(2,3)13(4,5)21-15;1-9(2)10(3,4)16-13(15-9)14-17-11(5,6)12(7,8)18-14;12-8-4-16-9(5-15-8)17-11(18)10-6(13)2-1-3-7(10)14;1-4-2-6-7(3-5(4)9)13-8(10,11)12-6;8-7(11)6-4(9)2-1-3-5(6)10;1-4-7(5-2)6-3;5-3-1-8-4(6)2-7-3;1-2(3)4;2-1-3;/h2-8H,1H3,(H,25,26,27);6-7H,1-5H3;1-8H3;1-5H,(H,16,17,18);2-3H,1H3;1-3H;4-6H2,1-3H3;1-2H,(H2,6,8);1H3,(H,3,4);1H2;/q;;;;;;;;;;+1. The maximum Gasteiger partial charge on any atom is 1.00 e. The van der Waals surface area contributed by atoms with E-state index in [1.165, 1.54) is 93.1 Å². The summed E-state index contributed by atoms with van der Waals surface area (Å²) in [7, 11) is -1.58. The molecule has 6 aliphatic heterocycles. The van der Waals surface area contributed by atoms with Crippen molar-refractivity contribution in [3.05, 3.63) is 210 Å². The number of rotatable bonds is 11. The summed E-state index contributed by atoms with van der Waals surface area (Å²) in [5.74, 6) is -8.40. The second kappa shape index (κ2) is 49.0. The maximum atomic E-state index is 13.7. The number of hydrogen-bond acceptors (Lipinski definition) is 25. The minimum Gasteiger partial charge on any atom is -0.550 e. The fourth-order valence-electron chi connectivity index (χ4n) is 11.2. The summed E-state index contributed by atoms with van der Waals surface area (Å²) in [4.78, 5) is 68.7. The third kappa shape index (κ3) is 33.0. The molecule has 2 amide bonds. The van der Waals surface area contributed by atoms with Gasteiger partial charge >= 0.3 is 92.8 Å². The zero-order valence-electron chi connectivity index (χ0n) is 76.1. The first-order valence-electron chi connectivity index (χ1n) is 39.2. The SMILES string of the molecule is CC(=O)[O-].CC1(C)OB(B2OC(C)(C)C(C)(C)O2)OC1(C)C.CCN(CC)CC.Cc1cc2c(cc1-c1cnc(NC(=O)c3c(F)cccc3F)cn1)OC(F)(F)O2.Cc1cc2c(cc1B1OC(C)(C)C(C)(C)O1)OC(F)(F)O2.Cc1cc2c(cc1Br)OC(F)(F)O2.ClCCl.Nc1cnc(Br)cn1.O=C(Cl)c1c(F)cccc1F.O=C(Nc1cnc(Br)cn1)c1c(F)cccc1F.[H+].[K+]. The Bertz CT molecular complexity index is 5310. The van der Waals surface area contributed by atoms with Gasteiger partial charge < -0.3 is 87.5 Å². The summed E-state index contributed by atoms with van der Waals surface area (Å²) >= 11 is 23.8. The Morgan fingerprint density at radius 1 is 0.451 bits per heavy atom. The van der Waals surface area contributed by atoms with Crippen LogP contribution in [0.4, 0.5) is 70.1 Å². The Morgan fingerprint density at radius 3 is 1.05 bits per heavy atom. The number of carboxylic acid groups (broad SMARTS) is 1. The predicted molar refractivity (Wildman–Crippen MR) is 480 cm³/mol. The molecule has 0 aliphatic carbocycles. The van der Waals surface area contributed by atoms with E-state index in [0.29, 0.717) is 41.8 Å². The van der Waals surface area contributed by atoms with Crippen LogP contribution in [0.1, 0.15) is 160 Å². The molecule has 0 radical (unpaired) electrons. The third-order valence-corrected chi connectivity index (χ3v) is 21.9. The van der Waals surface area contributed by atoms with Gasteiger partial charge in [0.05, 0.1) is 81.8 Å².